The number of urea groups is 1. The number of nitrogens with one attached hydrogen (secondary N) is 1. The van der Waals surface area contributed by atoms with Gasteiger partial charge >= 0.3 is 6.03 Å². The summed E-state index contributed by atoms with van der Waals surface area (Å²) in [6.07, 6.45) is 3.51. The first-order chi connectivity index (χ1) is 8.24. The lowest BCUT2D eigenvalue weighted by Crippen LogP contribution is -2.19. The number of primary amides is 1. The Morgan fingerprint density at radius 3 is 2.24 bits per heavy atom. The maximum atomic E-state index is 10.6. The lowest BCUT2D eigenvalue weighted by molar-refractivity contribution is 0.259. The first-order valence-corrected chi connectivity index (χ1v) is 5.80. The maximum absolute atomic E-state index is 10.6. The summed E-state index contributed by atoms with van der Waals surface area (Å²) in [7, 11) is 0. The molecule has 2 amide bonds. The van der Waals surface area contributed by atoms with Crippen LogP contribution in [-0.2, 0) is 0 Å². The molecule has 1 aromatic heterocycles. The molecule has 0 unspecified atom stereocenters. The molecule has 4 nitrogen and oxygen atoms in total. The Balaban J connectivity index is 2.06. The van der Waals surface area contributed by atoms with E-state index in [9.17, 15) is 4.79 Å². The normalized spacial score (nSPS) is 9.88. The van der Waals surface area contributed by atoms with Gasteiger partial charge in [0.2, 0.25) is 0 Å². The molecule has 0 aliphatic carbocycles. The van der Waals surface area contributed by atoms with Gasteiger partial charge in [-0.05, 0) is 36.4 Å². The third kappa shape index (κ3) is 3.49. The number of rotatable bonds is 3. The van der Waals surface area contributed by atoms with Crippen molar-refractivity contribution in [2.45, 2.75) is 9.79 Å². The highest BCUT2D eigenvalue weighted by Gasteiger charge is 1.98. The topological polar surface area (TPSA) is 68.0 Å². The Morgan fingerprint density at radius 2 is 1.65 bits per heavy atom. The van der Waals surface area contributed by atoms with Gasteiger partial charge < -0.3 is 11.1 Å². The molecule has 5 heteroatoms. The Hall–Kier alpha value is -2.01. The molecular formula is C12H11N3OS. The number of aromatic nitrogens is 1. The number of nitrogens with zero attached hydrogens (tertiary/aromatic N) is 1. The summed E-state index contributed by atoms with van der Waals surface area (Å²) >= 11 is 1.63. The van der Waals surface area contributed by atoms with Crippen LogP contribution in [0.4, 0.5) is 10.5 Å². The first kappa shape index (κ1) is 11.5. The molecule has 1 heterocycles. The molecule has 2 aromatic rings. The molecule has 0 spiro atoms. The van der Waals surface area contributed by atoms with Gasteiger partial charge in [-0.2, -0.15) is 0 Å². The number of benzene rings is 1. The minimum Gasteiger partial charge on any atom is -0.351 e. The second kappa shape index (κ2) is 5.36. The number of hydrogen-bond donors (Lipinski definition) is 2. The number of hydrogen-bond acceptors (Lipinski definition) is 3. The van der Waals surface area contributed by atoms with Crippen molar-refractivity contribution < 1.29 is 4.79 Å². The van der Waals surface area contributed by atoms with E-state index in [1.807, 2.05) is 36.4 Å². The quantitative estimate of drug-likeness (QED) is 0.873. The van der Waals surface area contributed by atoms with E-state index in [-0.39, 0.29) is 0 Å². The van der Waals surface area contributed by atoms with Crippen LogP contribution in [0.15, 0.2) is 58.6 Å². The van der Waals surface area contributed by atoms with Gasteiger partial charge in [0.25, 0.3) is 0 Å². The number of carbonyl (C=O) groups is 1. The van der Waals surface area contributed by atoms with Crippen molar-refractivity contribution >= 4 is 23.5 Å². The van der Waals surface area contributed by atoms with Crippen LogP contribution in [0.2, 0.25) is 0 Å². The summed E-state index contributed by atoms with van der Waals surface area (Å²) in [5, 5.41) is 2.52. The molecule has 0 atom stereocenters. The van der Waals surface area contributed by atoms with E-state index in [0.29, 0.717) is 5.69 Å². The van der Waals surface area contributed by atoms with E-state index in [2.05, 4.69) is 10.3 Å². The number of nitrogens with two attached hydrogens (primary N) is 1. The number of carbonyl (C=O) groups excluding carboxylic acids is 1. The summed E-state index contributed by atoms with van der Waals surface area (Å²) in [4.78, 5) is 16.8. The first-order valence-electron chi connectivity index (χ1n) is 4.98. The van der Waals surface area contributed by atoms with Crippen LogP contribution in [0.1, 0.15) is 0 Å². The van der Waals surface area contributed by atoms with Crippen molar-refractivity contribution in [2.75, 3.05) is 5.32 Å². The molecule has 0 aliphatic rings. The summed E-state index contributed by atoms with van der Waals surface area (Å²) in [6, 6.07) is 10.8. The van der Waals surface area contributed by atoms with Crippen LogP contribution < -0.4 is 11.1 Å². The minimum absolute atomic E-state index is 0.556. The van der Waals surface area contributed by atoms with Crippen LogP contribution in [0, 0.1) is 0 Å². The Bertz CT molecular complexity index is 499. The van der Waals surface area contributed by atoms with Crippen molar-refractivity contribution in [1.29, 1.82) is 0 Å². The van der Waals surface area contributed by atoms with Crippen molar-refractivity contribution in [3.05, 3.63) is 48.8 Å². The van der Waals surface area contributed by atoms with Crippen molar-refractivity contribution in [3.8, 4) is 0 Å². The number of amides is 2. The van der Waals surface area contributed by atoms with Crippen molar-refractivity contribution in [3.63, 3.8) is 0 Å². The zero-order valence-corrected chi connectivity index (χ0v) is 9.78. The molecule has 17 heavy (non-hydrogen) atoms. The van der Waals surface area contributed by atoms with E-state index in [0.717, 1.165) is 9.79 Å². The summed E-state index contributed by atoms with van der Waals surface area (Å²) in [6.45, 7) is 0. The molecule has 2 rings (SSSR count). The average molecular weight is 245 g/mol. The molecule has 0 fully saturated rings. The molecule has 1 aromatic carbocycles. The van der Waals surface area contributed by atoms with E-state index in [1.165, 1.54) is 0 Å². The van der Waals surface area contributed by atoms with Crippen LogP contribution in [0.5, 0.6) is 0 Å². The van der Waals surface area contributed by atoms with E-state index < -0.39 is 6.03 Å². The summed E-state index contributed by atoms with van der Waals surface area (Å²) in [5.74, 6) is 0. The predicted octanol–water partition coefficient (Wildman–Crippen LogP) is 2.72. The largest absolute Gasteiger partial charge is 0.351 e. The summed E-state index contributed by atoms with van der Waals surface area (Å²) in [5.41, 5.74) is 5.72. The standard InChI is InChI=1S/C12H11N3OS/c13-12(16)15-9-1-3-10(4-2-9)17-11-5-7-14-8-6-11/h1-8H,(H3,13,15,16). The van der Waals surface area contributed by atoms with Gasteiger partial charge in [-0.25, -0.2) is 4.79 Å². The van der Waals surface area contributed by atoms with E-state index in [1.54, 1.807) is 24.2 Å². The zero-order chi connectivity index (χ0) is 12.1. The SMILES string of the molecule is NC(=O)Nc1ccc(Sc2ccncc2)cc1. The fraction of sp³-hybridized carbons (Fsp3) is 0. The zero-order valence-electron chi connectivity index (χ0n) is 8.96. The van der Waals surface area contributed by atoms with Gasteiger partial charge in [0, 0.05) is 27.9 Å². The van der Waals surface area contributed by atoms with Gasteiger partial charge in [0.05, 0.1) is 0 Å². The van der Waals surface area contributed by atoms with Gasteiger partial charge in [0.15, 0.2) is 0 Å². The van der Waals surface area contributed by atoms with Crippen LogP contribution >= 0.6 is 11.8 Å². The third-order valence-corrected chi connectivity index (χ3v) is 3.02. The van der Waals surface area contributed by atoms with Crippen LogP contribution in [0.3, 0.4) is 0 Å². The molecule has 0 radical (unpaired) electrons. The highest BCUT2D eigenvalue weighted by Crippen LogP contribution is 2.27. The van der Waals surface area contributed by atoms with Crippen molar-refractivity contribution in [1.82, 2.24) is 4.98 Å². The molecule has 0 bridgehead atoms. The molecular weight excluding hydrogens is 234 g/mol. The number of pyridine rings is 1. The minimum atomic E-state index is -0.556. The van der Waals surface area contributed by atoms with Crippen LogP contribution in [0.25, 0.3) is 0 Å². The van der Waals surface area contributed by atoms with Gasteiger partial charge in [-0.3, -0.25) is 4.98 Å². The fourth-order valence-electron chi connectivity index (χ4n) is 1.29. The molecule has 0 saturated carbocycles. The second-order valence-corrected chi connectivity index (χ2v) is 4.45. The molecule has 86 valence electrons. The predicted molar refractivity (Wildman–Crippen MR) is 68.0 cm³/mol. The van der Waals surface area contributed by atoms with Gasteiger partial charge in [-0.1, -0.05) is 11.8 Å². The average Bonchev–Trinajstić information content (AvgIpc) is 2.32. The van der Waals surface area contributed by atoms with Gasteiger partial charge in [-0.15, -0.1) is 0 Å². The Labute approximate surface area is 103 Å². The lowest BCUT2D eigenvalue weighted by Gasteiger charge is -2.04. The molecule has 0 aliphatic heterocycles. The number of anilines is 1. The van der Waals surface area contributed by atoms with Crippen LogP contribution in [-0.4, -0.2) is 11.0 Å². The highest BCUT2D eigenvalue weighted by atomic mass is 32.2. The molecule has 3 N–H and O–H groups in total. The van der Waals surface area contributed by atoms with Crippen molar-refractivity contribution in [2.24, 2.45) is 5.73 Å². The lowest BCUT2D eigenvalue weighted by atomic mass is 10.3. The van der Waals surface area contributed by atoms with Gasteiger partial charge in [0.1, 0.15) is 0 Å². The van der Waals surface area contributed by atoms with E-state index >= 15 is 0 Å². The summed E-state index contributed by atoms with van der Waals surface area (Å²) < 4.78 is 0. The molecule has 0 saturated heterocycles. The Morgan fingerprint density at radius 1 is 1.06 bits per heavy atom. The third-order valence-electron chi connectivity index (χ3n) is 2.01. The maximum Gasteiger partial charge on any atom is 0.316 e. The smallest absolute Gasteiger partial charge is 0.316 e. The highest BCUT2D eigenvalue weighted by molar-refractivity contribution is 7.99. The second-order valence-electron chi connectivity index (χ2n) is 3.30. The monoisotopic (exact) mass is 245 g/mol. The Kier molecular flexibility index (Phi) is 3.62. The van der Waals surface area contributed by atoms with E-state index in [4.69, 9.17) is 5.73 Å². The fourth-order valence-corrected chi connectivity index (χ4v) is 2.09.